The lowest BCUT2D eigenvalue weighted by Gasteiger charge is -2.17. The third-order valence-corrected chi connectivity index (χ3v) is 5.89. The van der Waals surface area contributed by atoms with E-state index in [1.165, 1.54) is 29.5 Å². The van der Waals surface area contributed by atoms with Crippen molar-refractivity contribution in [3.63, 3.8) is 0 Å². The van der Waals surface area contributed by atoms with Crippen molar-refractivity contribution in [1.29, 1.82) is 5.26 Å². The molecule has 1 aliphatic rings. The van der Waals surface area contributed by atoms with Crippen molar-refractivity contribution < 1.29 is 0 Å². The number of fused-ring (bicyclic) bond motifs is 1. The van der Waals surface area contributed by atoms with E-state index in [0.29, 0.717) is 11.5 Å². The second kappa shape index (κ2) is 7.78. The molecule has 3 aromatic rings. The second-order valence-electron chi connectivity index (χ2n) is 7.80. The number of aryl methyl sites for hydroxylation is 2. The standard InChI is InChI=1S/C25H23ClN2/c1-16(2)17-7-10-19(11-8-17)22-14-24(28-25(26)23(22)15-27)21-12-9-18-5-3-4-6-20(18)13-21/h7-14,16H,3-6H2,1-2H3. The zero-order valence-electron chi connectivity index (χ0n) is 16.3. The summed E-state index contributed by atoms with van der Waals surface area (Å²) in [4.78, 5) is 4.54. The van der Waals surface area contributed by atoms with Crippen molar-refractivity contribution in [2.24, 2.45) is 0 Å². The molecule has 3 heteroatoms. The first-order valence-corrected chi connectivity index (χ1v) is 10.3. The number of aromatic nitrogens is 1. The van der Waals surface area contributed by atoms with Crippen LogP contribution < -0.4 is 0 Å². The van der Waals surface area contributed by atoms with Gasteiger partial charge in [0.15, 0.2) is 0 Å². The van der Waals surface area contributed by atoms with E-state index in [0.717, 1.165) is 35.2 Å². The molecule has 0 saturated carbocycles. The Morgan fingerprint density at radius 3 is 2.29 bits per heavy atom. The molecule has 0 fully saturated rings. The first-order chi connectivity index (χ1) is 13.6. The summed E-state index contributed by atoms with van der Waals surface area (Å²) >= 11 is 6.43. The Morgan fingerprint density at radius 2 is 1.61 bits per heavy atom. The second-order valence-corrected chi connectivity index (χ2v) is 8.16. The fourth-order valence-electron chi connectivity index (χ4n) is 3.94. The molecule has 2 nitrogen and oxygen atoms in total. The van der Waals surface area contributed by atoms with E-state index in [-0.39, 0.29) is 5.15 Å². The summed E-state index contributed by atoms with van der Waals surface area (Å²) in [5, 5.41) is 9.91. The van der Waals surface area contributed by atoms with Gasteiger partial charge in [0.05, 0.1) is 11.3 Å². The van der Waals surface area contributed by atoms with E-state index >= 15 is 0 Å². The summed E-state index contributed by atoms with van der Waals surface area (Å²) in [6, 6.07) is 19.2. The Balaban J connectivity index is 1.81. The van der Waals surface area contributed by atoms with Gasteiger partial charge in [-0.3, -0.25) is 0 Å². The number of hydrogen-bond acceptors (Lipinski definition) is 2. The van der Waals surface area contributed by atoms with E-state index in [9.17, 15) is 5.26 Å². The summed E-state index contributed by atoms with van der Waals surface area (Å²) in [5.41, 5.74) is 8.27. The zero-order chi connectivity index (χ0) is 19.7. The van der Waals surface area contributed by atoms with Gasteiger partial charge >= 0.3 is 0 Å². The average molecular weight is 387 g/mol. The minimum Gasteiger partial charge on any atom is -0.235 e. The molecule has 4 rings (SSSR count). The van der Waals surface area contributed by atoms with E-state index < -0.39 is 0 Å². The molecular formula is C25H23ClN2. The maximum Gasteiger partial charge on any atom is 0.148 e. The zero-order valence-corrected chi connectivity index (χ0v) is 17.1. The van der Waals surface area contributed by atoms with Crippen molar-refractivity contribution in [3.8, 4) is 28.5 Å². The van der Waals surface area contributed by atoms with Crippen LogP contribution in [-0.4, -0.2) is 4.98 Å². The molecule has 1 heterocycles. The van der Waals surface area contributed by atoms with Crippen LogP contribution in [-0.2, 0) is 12.8 Å². The van der Waals surface area contributed by atoms with Crippen LogP contribution in [0.2, 0.25) is 5.15 Å². The van der Waals surface area contributed by atoms with E-state index in [1.807, 2.05) is 6.07 Å². The molecule has 1 aromatic heterocycles. The Morgan fingerprint density at radius 1 is 0.929 bits per heavy atom. The van der Waals surface area contributed by atoms with Crippen LogP contribution >= 0.6 is 11.6 Å². The maximum atomic E-state index is 9.65. The minimum atomic E-state index is 0.264. The van der Waals surface area contributed by atoms with E-state index in [4.69, 9.17) is 11.6 Å². The third kappa shape index (κ3) is 3.55. The van der Waals surface area contributed by atoms with Crippen LogP contribution in [0, 0.1) is 11.3 Å². The van der Waals surface area contributed by atoms with Crippen molar-refractivity contribution >= 4 is 11.6 Å². The Hall–Kier alpha value is -2.63. The first-order valence-electron chi connectivity index (χ1n) is 9.90. The number of hydrogen-bond donors (Lipinski definition) is 0. The number of pyridine rings is 1. The fraction of sp³-hybridized carbons (Fsp3) is 0.280. The molecular weight excluding hydrogens is 364 g/mol. The first kappa shape index (κ1) is 18.7. The van der Waals surface area contributed by atoms with Crippen LogP contribution in [0.1, 0.15) is 54.9 Å². The largest absolute Gasteiger partial charge is 0.235 e. The Bertz CT molecular complexity index is 1060. The number of benzene rings is 2. The van der Waals surface area contributed by atoms with Gasteiger partial charge in [-0.25, -0.2) is 4.98 Å². The summed E-state index contributed by atoms with van der Waals surface area (Å²) in [5.74, 6) is 0.469. The molecule has 0 atom stereocenters. The van der Waals surface area contributed by atoms with Crippen molar-refractivity contribution in [2.45, 2.75) is 45.4 Å². The van der Waals surface area contributed by atoms with Gasteiger partial charge in [-0.2, -0.15) is 5.26 Å². The third-order valence-electron chi connectivity index (χ3n) is 5.62. The van der Waals surface area contributed by atoms with Crippen molar-refractivity contribution in [3.05, 3.63) is 75.9 Å². The lowest BCUT2D eigenvalue weighted by molar-refractivity contribution is 0.686. The normalized spacial score (nSPS) is 13.2. The van der Waals surface area contributed by atoms with Crippen molar-refractivity contribution in [1.82, 2.24) is 4.98 Å². The number of halogens is 1. The molecule has 2 aromatic carbocycles. The molecule has 0 N–H and O–H groups in total. The highest BCUT2D eigenvalue weighted by molar-refractivity contribution is 6.31. The highest BCUT2D eigenvalue weighted by Crippen LogP contribution is 2.34. The van der Waals surface area contributed by atoms with Gasteiger partial charge in [0.1, 0.15) is 11.2 Å². The van der Waals surface area contributed by atoms with E-state index in [1.54, 1.807) is 0 Å². The number of nitrogens with zero attached hydrogens (tertiary/aromatic N) is 2. The smallest absolute Gasteiger partial charge is 0.148 e. The highest BCUT2D eigenvalue weighted by atomic mass is 35.5. The quantitative estimate of drug-likeness (QED) is 0.457. The topological polar surface area (TPSA) is 36.7 Å². The van der Waals surface area contributed by atoms with Gasteiger partial charge in [0.2, 0.25) is 0 Å². The Labute approximate surface area is 171 Å². The predicted molar refractivity (Wildman–Crippen MR) is 116 cm³/mol. The molecule has 140 valence electrons. The van der Waals surface area contributed by atoms with Gasteiger partial charge in [0, 0.05) is 11.1 Å². The highest BCUT2D eigenvalue weighted by Gasteiger charge is 2.16. The van der Waals surface area contributed by atoms with Crippen molar-refractivity contribution in [2.75, 3.05) is 0 Å². The van der Waals surface area contributed by atoms with Crippen LogP contribution in [0.5, 0.6) is 0 Å². The molecule has 1 aliphatic carbocycles. The van der Waals surface area contributed by atoms with Crippen LogP contribution in [0.4, 0.5) is 0 Å². The van der Waals surface area contributed by atoms with Crippen LogP contribution in [0.3, 0.4) is 0 Å². The summed E-state index contributed by atoms with van der Waals surface area (Å²) in [6.45, 7) is 4.35. The lowest BCUT2D eigenvalue weighted by atomic mass is 9.89. The summed E-state index contributed by atoms with van der Waals surface area (Å²) in [6.07, 6.45) is 4.79. The lowest BCUT2D eigenvalue weighted by Crippen LogP contribution is -2.02. The molecule has 0 radical (unpaired) electrons. The molecule has 0 saturated heterocycles. The monoisotopic (exact) mass is 386 g/mol. The van der Waals surface area contributed by atoms with Gasteiger partial charge in [0.25, 0.3) is 0 Å². The molecule has 0 spiro atoms. The number of rotatable bonds is 3. The molecule has 0 aliphatic heterocycles. The SMILES string of the molecule is CC(C)c1ccc(-c2cc(-c3ccc4c(c3)CCCC4)nc(Cl)c2C#N)cc1. The average Bonchev–Trinajstić information content (AvgIpc) is 2.73. The van der Waals surface area contributed by atoms with Crippen LogP contribution in [0.15, 0.2) is 48.5 Å². The van der Waals surface area contributed by atoms with Crippen LogP contribution in [0.25, 0.3) is 22.4 Å². The van der Waals surface area contributed by atoms with E-state index in [2.05, 4.69) is 67.4 Å². The maximum absolute atomic E-state index is 9.65. The summed E-state index contributed by atoms with van der Waals surface area (Å²) in [7, 11) is 0. The molecule has 0 unspecified atom stereocenters. The predicted octanol–water partition coefficient (Wildman–Crippen LogP) is 6.94. The Kier molecular flexibility index (Phi) is 5.20. The van der Waals surface area contributed by atoms with Gasteiger partial charge in [-0.1, -0.05) is 61.8 Å². The summed E-state index contributed by atoms with van der Waals surface area (Å²) < 4.78 is 0. The van der Waals surface area contributed by atoms with Gasteiger partial charge in [-0.15, -0.1) is 0 Å². The molecule has 28 heavy (non-hydrogen) atoms. The number of nitriles is 1. The molecule has 0 bridgehead atoms. The molecule has 0 amide bonds. The minimum absolute atomic E-state index is 0.264. The van der Waals surface area contributed by atoms with Gasteiger partial charge in [-0.05, 0) is 66.0 Å². The fourth-order valence-corrected chi connectivity index (χ4v) is 4.17. The van der Waals surface area contributed by atoms with Gasteiger partial charge < -0.3 is 0 Å².